The summed E-state index contributed by atoms with van der Waals surface area (Å²) in [6.45, 7) is 7.18. The SMILES string of the molecule is CC1(C)CN2CCC[C@@]2(CNc2cc(F)c(S(=O)(=O)Nc3ncc(F)s3)cc2Cl)C1. The van der Waals surface area contributed by atoms with E-state index in [2.05, 4.69) is 33.8 Å². The van der Waals surface area contributed by atoms with E-state index in [1.54, 1.807) is 0 Å². The average Bonchev–Trinajstić information content (AvgIpc) is 3.26. The van der Waals surface area contributed by atoms with Gasteiger partial charge in [-0.15, -0.1) is 0 Å². The molecule has 2 saturated heterocycles. The minimum absolute atomic E-state index is 0.00449. The van der Waals surface area contributed by atoms with Crippen LogP contribution in [0.25, 0.3) is 0 Å². The van der Waals surface area contributed by atoms with Crippen molar-refractivity contribution in [2.45, 2.75) is 43.5 Å². The van der Waals surface area contributed by atoms with Crippen LogP contribution < -0.4 is 10.0 Å². The average molecular weight is 477 g/mol. The second-order valence-corrected chi connectivity index (χ2v) is 11.8. The maximum absolute atomic E-state index is 14.7. The van der Waals surface area contributed by atoms with Gasteiger partial charge in [-0.05, 0) is 43.4 Å². The van der Waals surface area contributed by atoms with E-state index < -0.39 is 25.9 Å². The van der Waals surface area contributed by atoms with Crippen molar-refractivity contribution < 1.29 is 17.2 Å². The molecule has 2 aliphatic rings. The van der Waals surface area contributed by atoms with Gasteiger partial charge in [0.2, 0.25) is 0 Å². The fourth-order valence-electron chi connectivity index (χ4n) is 4.77. The van der Waals surface area contributed by atoms with E-state index in [4.69, 9.17) is 11.6 Å². The molecule has 0 aliphatic carbocycles. The molecule has 0 radical (unpaired) electrons. The molecule has 2 aromatic rings. The molecule has 4 rings (SSSR count). The number of rotatable bonds is 6. The van der Waals surface area contributed by atoms with Gasteiger partial charge in [-0.2, -0.15) is 4.39 Å². The lowest BCUT2D eigenvalue weighted by atomic mass is 9.82. The van der Waals surface area contributed by atoms with E-state index in [-0.39, 0.29) is 21.1 Å². The van der Waals surface area contributed by atoms with Crippen LogP contribution in [0.3, 0.4) is 0 Å². The van der Waals surface area contributed by atoms with Gasteiger partial charge in [0.1, 0.15) is 10.7 Å². The summed E-state index contributed by atoms with van der Waals surface area (Å²) < 4.78 is 54.8. The van der Waals surface area contributed by atoms with Crippen molar-refractivity contribution in [2.75, 3.05) is 29.7 Å². The molecule has 11 heteroatoms. The number of thiazole rings is 1. The minimum Gasteiger partial charge on any atom is -0.382 e. The number of anilines is 2. The Balaban J connectivity index is 1.53. The summed E-state index contributed by atoms with van der Waals surface area (Å²) >= 11 is 6.80. The summed E-state index contributed by atoms with van der Waals surface area (Å²) in [4.78, 5) is 5.46. The maximum atomic E-state index is 14.7. The van der Waals surface area contributed by atoms with Gasteiger partial charge in [-0.3, -0.25) is 9.62 Å². The van der Waals surface area contributed by atoms with Crippen LogP contribution in [-0.2, 0) is 10.0 Å². The lowest BCUT2D eigenvalue weighted by Gasteiger charge is -2.33. The maximum Gasteiger partial charge on any atom is 0.266 e. The molecule has 0 saturated carbocycles. The summed E-state index contributed by atoms with van der Waals surface area (Å²) in [5, 5.41) is 2.50. The lowest BCUT2D eigenvalue weighted by Crippen LogP contribution is -2.44. The largest absolute Gasteiger partial charge is 0.382 e. The van der Waals surface area contributed by atoms with E-state index in [1.807, 2.05) is 0 Å². The lowest BCUT2D eigenvalue weighted by molar-refractivity contribution is 0.209. The Labute approximate surface area is 183 Å². The monoisotopic (exact) mass is 476 g/mol. The van der Waals surface area contributed by atoms with Gasteiger partial charge in [0.25, 0.3) is 10.0 Å². The summed E-state index contributed by atoms with van der Waals surface area (Å²) in [7, 11) is -4.30. The quantitative estimate of drug-likeness (QED) is 0.639. The zero-order valence-corrected chi connectivity index (χ0v) is 19.0. The van der Waals surface area contributed by atoms with Crippen LogP contribution >= 0.6 is 22.9 Å². The van der Waals surface area contributed by atoms with Gasteiger partial charge >= 0.3 is 0 Å². The first-order valence-corrected chi connectivity index (χ1v) is 12.3. The smallest absolute Gasteiger partial charge is 0.266 e. The Morgan fingerprint density at radius 3 is 2.80 bits per heavy atom. The van der Waals surface area contributed by atoms with Crippen molar-refractivity contribution in [2.24, 2.45) is 5.41 Å². The molecular formula is C19H23ClF2N4O2S2. The highest BCUT2D eigenvalue weighted by Crippen LogP contribution is 2.47. The number of halogens is 3. The summed E-state index contributed by atoms with van der Waals surface area (Å²) in [6, 6.07) is 2.16. The molecule has 6 nitrogen and oxygen atoms in total. The molecule has 0 spiro atoms. The molecule has 3 heterocycles. The van der Waals surface area contributed by atoms with E-state index >= 15 is 0 Å². The Morgan fingerprint density at radius 2 is 2.10 bits per heavy atom. The van der Waals surface area contributed by atoms with Gasteiger partial charge in [0.05, 0.1) is 16.9 Å². The van der Waals surface area contributed by atoms with Crippen LogP contribution in [0.5, 0.6) is 0 Å². The third kappa shape index (κ3) is 4.15. The molecule has 0 amide bonds. The molecule has 1 aromatic carbocycles. The van der Waals surface area contributed by atoms with Crippen molar-refractivity contribution >= 4 is 43.8 Å². The van der Waals surface area contributed by atoms with Crippen LogP contribution in [0.15, 0.2) is 23.2 Å². The summed E-state index contributed by atoms with van der Waals surface area (Å²) in [5.74, 6) is -0.945. The fraction of sp³-hybridized carbons (Fsp3) is 0.526. The second kappa shape index (κ2) is 7.58. The molecular weight excluding hydrogens is 454 g/mol. The van der Waals surface area contributed by atoms with Crippen molar-refractivity contribution in [1.29, 1.82) is 0 Å². The van der Waals surface area contributed by atoms with Gasteiger partial charge in [-0.25, -0.2) is 17.8 Å². The van der Waals surface area contributed by atoms with E-state index in [9.17, 15) is 17.2 Å². The number of nitrogens with zero attached hydrogens (tertiary/aromatic N) is 2. The van der Waals surface area contributed by atoms with Crippen LogP contribution in [0, 0.1) is 16.4 Å². The molecule has 0 bridgehead atoms. The van der Waals surface area contributed by atoms with E-state index in [0.717, 1.165) is 50.7 Å². The van der Waals surface area contributed by atoms with Gasteiger partial charge in [0.15, 0.2) is 10.3 Å². The highest BCUT2D eigenvalue weighted by Gasteiger charge is 2.51. The van der Waals surface area contributed by atoms with Crippen LogP contribution in [0.2, 0.25) is 5.02 Å². The Morgan fingerprint density at radius 1 is 1.33 bits per heavy atom. The molecule has 164 valence electrons. The van der Waals surface area contributed by atoms with Crippen molar-refractivity contribution in [3.63, 3.8) is 0 Å². The molecule has 0 unspecified atom stereocenters. The van der Waals surface area contributed by atoms with Crippen molar-refractivity contribution in [3.8, 4) is 0 Å². The molecule has 2 N–H and O–H groups in total. The first kappa shape index (κ1) is 21.7. The number of aromatic nitrogens is 1. The fourth-order valence-corrected chi connectivity index (χ4v) is 6.94. The summed E-state index contributed by atoms with van der Waals surface area (Å²) in [6.07, 6.45) is 4.10. The third-order valence-electron chi connectivity index (χ3n) is 5.79. The Bertz CT molecular complexity index is 1080. The summed E-state index contributed by atoms with van der Waals surface area (Å²) in [5.41, 5.74) is 0.569. The van der Waals surface area contributed by atoms with E-state index in [0.29, 0.717) is 23.6 Å². The van der Waals surface area contributed by atoms with Crippen LogP contribution in [0.4, 0.5) is 19.6 Å². The Hall–Kier alpha value is -1.49. The molecule has 30 heavy (non-hydrogen) atoms. The van der Waals surface area contributed by atoms with Gasteiger partial charge in [-0.1, -0.05) is 36.8 Å². The van der Waals surface area contributed by atoms with Crippen molar-refractivity contribution in [3.05, 3.63) is 34.3 Å². The standard InChI is InChI=1S/C19H23ClF2N4O2S2/c1-18(2)9-19(4-3-5-26(19)11-18)10-24-14-7-13(21)15(6-12(14)20)30(27,28)25-17-23-8-16(22)29-17/h6-8,24H,3-5,9-11H2,1-2H3,(H,23,25)/t19-/m0/s1. The molecule has 1 atom stereocenters. The topological polar surface area (TPSA) is 74.3 Å². The highest BCUT2D eigenvalue weighted by atomic mass is 35.5. The zero-order valence-electron chi connectivity index (χ0n) is 16.6. The molecule has 1 aromatic heterocycles. The van der Waals surface area contributed by atoms with Gasteiger partial charge in [0, 0.05) is 18.6 Å². The normalized spacial score (nSPS) is 23.5. The number of nitrogens with one attached hydrogen (secondary N) is 2. The number of benzene rings is 1. The predicted octanol–water partition coefficient (Wildman–Crippen LogP) is 4.55. The highest BCUT2D eigenvalue weighted by molar-refractivity contribution is 7.93. The van der Waals surface area contributed by atoms with Crippen LogP contribution in [-0.4, -0.2) is 43.5 Å². The number of hydrogen-bond donors (Lipinski definition) is 2. The number of sulfonamides is 1. The first-order chi connectivity index (χ1) is 14.0. The predicted molar refractivity (Wildman–Crippen MR) is 115 cm³/mol. The van der Waals surface area contributed by atoms with Crippen molar-refractivity contribution in [1.82, 2.24) is 9.88 Å². The Kier molecular flexibility index (Phi) is 5.49. The first-order valence-electron chi connectivity index (χ1n) is 9.62. The third-order valence-corrected chi connectivity index (χ3v) is 8.28. The molecule has 2 aliphatic heterocycles. The second-order valence-electron chi connectivity index (χ2n) is 8.78. The van der Waals surface area contributed by atoms with Gasteiger partial charge < -0.3 is 5.32 Å². The molecule has 2 fully saturated rings. The van der Waals surface area contributed by atoms with Crippen LogP contribution in [0.1, 0.15) is 33.1 Å². The van der Waals surface area contributed by atoms with E-state index in [1.165, 1.54) is 0 Å². The number of fused-ring (bicyclic) bond motifs is 1. The zero-order chi connectivity index (χ0) is 21.7. The minimum atomic E-state index is -4.30. The number of hydrogen-bond acceptors (Lipinski definition) is 6.